The fourth-order valence-electron chi connectivity index (χ4n) is 4.03. The minimum atomic E-state index is -0.0863. The zero-order valence-electron chi connectivity index (χ0n) is 16.3. The monoisotopic (exact) mass is 359 g/mol. The Balaban J connectivity index is 1.53. The van der Waals surface area contributed by atoms with Gasteiger partial charge in [0.2, 0.25) is 11.8 Å². The second kappa shape index (κ2) is 6.89. The van der Waals surface area contributed by atoms with Crippen molar-refractivity contribution in [2.45, 2.75) is 47.5 Å². The molecule has 2 fully saturated rings. The first-order valence-corrected chi connectivity index (χ1v) is 9.38. The number of allylic oxidation sites excluding steroid dienone is 2. The maximum Gasteiger partial charge on any atom is 0.228 e. The molecule has 0 unspecified atom stereocenters. The van der Waals surface area contributed by atoms with Gasteiger partial charge in [0, 0.05) is 25.1 Å². The quantitative estimate of drug-likeness (QED) is 0.836. The minimum absolute atomic E-state index is 0.0351. The molecule has 3 rings (SSSR count). The zero-order chi connectivity index (χ0) is 19.1. The lowest BCUT2D eigenvalue weighted by Crippen LogP contribution is -2.42. The smallest absolute Gasteiger partial charge is 0.228 e. The molecule has 6 heteroatoms. The van der Waals surface area contributed by atoms with Gasteiger partial charge in [-0.05, 0) is 44.9 Å². The first-order chi connectivity index (χ1) is 12.2. The summed E-state index contributed by atoms with van der Waals surface area (Å²) in [6, 6.07) is 1.70. The van der Waals surface area contributed by atoms with E-state index in [1.807, 2.05) is 4.90 Å². The zero-order valence-corrected chi connectivity index (χ0v) is 16.3. The van der Waals surface area contributed by atoms with Crippen LogP contribution in [0.5, 0.6) is 0 Å². The normalized spacial score (nSPS) is 24.9. The Hall–Kier alpha value is -2.11. The van der Waals surface area contributed by atoms with Gasteiger partial charge < -0.3 is 14.7 Å². The van der Waals surface area contributed by atoms with Gasteiger partial charge in [-0.2, -0.15) is 0 Å². The van der Waals surface area contributed by atoms with Crippen molar-refractivity contribution in [1.29, 1.82) is 0 Å². The lowest BCUT2D eigenvalue weighted by molar-refractivity contribution is -0.136. The number of hydrogen-bond donors (Lipinski definition) is 1. The van der Waals surface area contributed by atoms with E-state index in [0.717, 1.165) is 0 Å². The second-order valence-electron chi connectivity index (χ2n) is 8.48. The van der Waals surface area contributed by atoms with Gasteiger partial charge in [0.25, 0.3) is 0 Å². The highest BCUT2D eigenvalue weighted by Crippen LogP contribution is 2.60. The molecule has 1 saturated heterocycles. The van der Waals surface area contributed by atoms with Crippen molar-refractivity contribution in [1.82, 2.24) is 10.1 Å². The average molecular weight is 359 g/mol. The van der Waals surface area contributed by atoms with Gasteiger partial charge in [0.15, 0.2) is 5.82 Å². The van der Waals surface area contributed by atoms with Crippen LogP contribution in [0, 0.1) is 30.1 Å². The minimum Gasteiger partial charge on any atom is -0.360 e. The summed E-state index contributed by atoms with van der Waals surface area (Å²) in [6.07, 6.45) is 3.60. The standard InChI is InChI=1S/C20H29N3O3/c1-12(2)10-15-17(20(15,4)5)19(25)23-8-6-14(7-9-23)18(24)21-16-11-13(3)26-22-16/h10-11,14-15,17H,6-9H2,1-5H3,(H,21,22,24)/t15-,17-/m0/s1. The highest BCUT2D eigenvalue weighted by Gasteiger charge is 2.61. The summed E-state index contributed by atoms with van der Waals surface area (Å²) >= 11 is 0. The molecule has 2 aliphatic rings. The van der Waals surface area contributed by atoms with Crippen LogP contribution in [0.1, 0.15) is 46.3 Å². The van der Waals surface area contributed by atoms with Crippen LogP contribution < -0.4 is 5.32 Å². The predicted molar refractivity (Wildman–Crippen MR) is 99.4 cm³/mol. The summed E-state index contributed by atoms with van der Waals surface area (Å²) < 4.78 is 4.97. The van der Waals surface area contributed by atoms with E-state index in [-0.39, 0.29) is 29.1 Å². The van der Waals surface area contributed by atoms with Gasteiger partial charge in [-0.3, -0.25) is 9.59 Å². The number of likely N-dealkylation sites (tertiary alicyclic amines) is 1. The van der Waals surface area contributed by atoms with E-state index in [2.05, 4.69) is 44.2 Å². The van der Waals surface area contributed by atoms with Crippen LogP contribution in [0.3, 0.4) is 0 Å². The number of rotatable bonds is 4. The second-order valence-corrected chi connectivity index (χ2v) is 8.48. The number of nitrogens with one attached hydrogen (secondary N) is 1. The first kappa shape index (κ1) is 18.7. The van der Waals surface area contributed by atoms with Crippen LogP contribution in [0.2, 0.25) is 0 Å². The highest BCUT2D eigenvalue weighted by atomic mass is 16.5. The summed E-state index contributed by atoms with van der Waals surface area (Å²) in [5, 5.41) is 6.59. The highest BCUT2D eigenvalue weighted by molar-refractivity contribution is 5.92. The van der Waals surface area contributed by atoms with Gasteiger partial charge in [-0.1, -0.05) is 30.7 Å². The number of aromatic nitrogens is 1. The molecule has 0 bridgehead atoms. The maximum absolute atomic E-state index is 12.9. The summed E-state index contributed by atoms with van der Waals surface area (Å²) in [7, 11) is 0. The topological polar surface area (TPSA) is 75.4 Å². The molecule has 2 amide bonds. The summed E-state index contributed by atoms with van der Waals surface area (Å²) in [6.45, 7) is 11.6. The van der Waals surface area contributed by atoms with E-state index >= 15 is 0 Å². The molecule has 6 nitrogen and oxygen atoms in total. The molecule has 1 aliphatic heterocycles. The molecule has 0 aromatic carbocycles. The van der Waals surface area contributed by atoms with Crippen molar-refractivity contribution >= 4 is 17.6 Å². The van der Waals surface area contributed by atoms with E-state index in [1.165, 1.54) is 5.57 Å². The Kier molecular flexibility index (Phi) is 4.95. The van der Waals surface area contributed by atoms with Crippen LogP contribution in [-0.4, -0.2) is 35.0 Å². The molecule has 1 aromatic rings. The van der Waals surface area contributed by atoms with Gasteiger partial charge in [-0.15, -0.1) is 0 Å². The third-order valence-corrected chi connectivity index (χ3v) is 5.75. The van der Waals surface area contributed by atoms with Crippen LogP contribution in [0.4, 0.5) is 5.82 Å². The lowest BCUT2D eigenvalue weighted by Gasteiger charge is -2.31. The molecule has 0 spiro atoms. The summed E-state index contributed by atoms with van der Waals surface area (Å²) in [4.78, 5) is 27.2. The fourth-order valence-corrected chi connectivity index (χ4v) is 4.03. The molecule has 2 heterocycles. The summed E-state index contributed by atoms with van der Waals surface area (Å²) in [5.41, 5.74) is 1.30. The molecule has 0 radical (unpaired) electrons. The maximum atomic E-state index is 12.9. The number of carbonyl (C=O) groups is 2. The van der Waals surface area contributed by atoms with Crippen molar-refractivity contribution in [2.75, 3.05) is 18.4 Å². The van der Waals surface area contributed by atoms with E-state index in [0.29, 0.717) is 43.4 Å². The third-order valence-electron chi connectivity index (χ3n) is 5.75. The van der Waals surface area contributed by atoms with Crippen molar-refractivity contribution in [3.8, 4) is 0 Å². The lowest BCUT2D eigenvalue weighted by atomic mass is 9.95. The van der Waals surface area contributed by atoms with Crippen LogP contribution in [0.15, 0.2) is 22.2 Å². The Labute approximate surface area is 155 Å². The molecule has 2 atom stereocenters. The molecular weight excluding hydrogens is 330 g/mol. The number of piperidine rings is 1. The van der Waals surface area contributed by atoms with Crippen molar-refractivity contribution < 1.29 is 14.1 Å². The van der Waals surface area contributed by atoms with E-state index in [9.17, 15) is 9.59 Å². The van der Waals surface area contributed by atoms with Gasteiger partial charge >= 0.3 is 0 Å². The number of aryl methyl sites for hydroxylation is 1. The van der Waals surface area contributed by atoms with E-state index < -0.39 is 0 Å². The number of anilines is 1. The van der Waals surface area contributed by atoms with Crippen LogP contribution in [0.25, 0.3) is 0 Å². The van der Waals surface area contributed by atoms with Crippen molar-refractivity contribution in [3.05, 3.63) is 23.5 Å². The SMILES string of the molecule is CC(C)=C[C@H]1[C@@H](C(=O)N2CCC(C(=O)Nc3cc(C)on3)CC2)C1(C)C. The Morgan fingerprint density at radius 1 is 1.31 bits per heavy atom. The third kappa shape index (κ3) is 3.69. The van der Waals surface area contributed by atoms with Gasteiger partial charge in [0.05, 0.1) is 5.92 Å². The van der Waals surface area contributed by atoms with Crippen LogP contribution in [-0.2, 0) is 9.59 Å². The van der Waals surface area contributed by atoms with E-state index in [1.54, 1.807) is 13.0 Å². The summed E-state index contributed by atoms with van der Waals surface area (Å²) in [5.74, 6) is 1.63. The Morgan fingerprint density at radius 3 is 2.50 bits per heavy atom. The molecule has 1 aromatic heterocycles. The number of hydrogen-bond acceptors (Lipinski definition) is 4. The van der Waals surface area contributed by atoms with Crippen LogP contribution >= 0.6 is 0 Å². The number of amides is 2. The molecule has 1 N–H and O–H groups in total. The number of nitrogens with zero attached hydrogens (tertiary/aromatic N) is 2. The Bertz CT molecular complexity index is 722. The molecule has 1 saturated carbocycles. The van der Waals surface area contributed by atoms with Gasteiger partial charge in [0.1, 0.15) is 5.76 Å². The fraction of sp³-hybridized carbons (Fsp3) is 0.650. The predicted octanol–water partition coefficient (Wildman–Crippen LogP) is 3.40. The first-order valence-electron chi connectivity index (χ1n) is 9.38. The average Bonchev–Trinajstić information content (AvgIpc) is 2.89. The Morgan fingerprint density at radius 2 is 1.96 bits per heavy atom. The van der Waals surface area contributed by atoms with E-state index in [4.69, 9.17) is 4.52 Å². The molecule has 26 heavy (non-hydrogen) atoms. The molecule has 142 valence electrons. The number of carbonyl (C=O) groups excluding carboxylic acids is 2. The van der Waals surface area contributed by atoms with Gasteiger partial charge in [-0.25, -0.2) is 0 Å². The molecular formula is C20H29N3O3. The largest absolute Gasteiger partial charge is 0.360 e. The molecule has 1 aliphatic carbocycles. The van der Waals surface area contributed by atoms with Crippen molar-refractivity contribution in [3.63, 3.8) is 0 Å². The van der Waals surface area contributed by atoms with Crippen molar-refractivity contribution in [2.24, 2.45) is 23.2 Å².